The van der Waals surface area contributed by atoms with Gasteiger partial charge >= 0.3 is 5.97 Å². The number of nitrogens with one attached hydrogen (secondary N) is 1. The first-order valence-corrected chi connectivity index (χ1v) is 12.9. The van der Waals surface area contributed by atoms with E-state index < -0.39 is 5.97 Å². The number of thiophene rings is 1. The predicted molar refractivity (Wildman–Crippen MR) is 141 cm³/mol. The van der Waals surface area contributed by atoms with Gasteiger partial charge in [-0.05, 0) is 56.0 Å². The van der Waals surface area contributed by atoms with Crippen LogP contribution in [0.25, 0.3) is 10.4 Å². The Bertz CT molecular complexity index is 1110. The van der Waals surface area contributed by atoms with Gasteiger partial charge in [0.05, 0.1) is 25.4 Å². The molecule has 7 heteroatoms. The van der Waals surface area contributed by atoms with E-state index in [1.54, 1.807) is 13.0 Å². The van der Waals surface area contributed by atoms with Gasteiger partial charge in [0.15, 0.2) is 11.5 Å². The van der Waals surface area contributed by atoms with Crippen LogP contribution in [0.15, 0.2) is 54.6 Å². The van der Waals surface area contributed by atoms with Crippen molar-refractivity contribution in [1.29, 1.82) is 0 Å². The molecule has 3 rings (SSSR count). The Morgan fingerprint density at radius 2 is 1.71 bits per heavy atom. The number of hydrogen-bond acceptors (Lipinski definition) is 6. The lowest BCUT2D eigenvalue weighted by Gasteiger charge is -2.13. The molecule has 0 unspecified atom stereocenters. The van der Waals surface area contributed by atoms with Crippen molar-refractivity contribution in [3.63, 3.8) is 0 Å². The van der Waals surface area contributed by atoms with E-state index >= 15 is 0 Å². The van der Waals surface area contributed by atoms with Crippen LogP contribution in [-0.2, 0) is 16.0 Å². The summed E-state index contributed by atoms with van der Waals surface area (Å²) in [5.41, 5.74) is 2.33. The van der Waals surface area contributed by atoms with E-state index in [-0.39, 0.29) is 18.9 Å². The molecule has 1 amide bonds. The number of carbonyl (C=O) groups is 2. The number of hydrogen-bond donors (Lipinski definition) is 1. The Balaban J connectivity index is 1.69. The largest absolute Gasteiger partial charge is 0.490 e. The Hall–Kier alpha value is -3.32. The average Bonchev–Trinajstić information content (AvgIpc) is 3.28. The molecule has 1 aromatic heterocycles. The third-order valence-corrected chi connectivity index (χ3v) is 6.34. The summed E-state index contributed by atoms with van der Waals surface area (Å²) >= 11 is 1.37. The Labute approximate surface area is 211 Å². The zero-order valence-corrected chi connectivity index (χ0v) is 21.4. The van der Waals surface area contributed by atoms with Crippen molar-refractivity contribution < 1.29 is 23.8 Å². The molecule has 2 aromatic carbocycles. The van der Waals surface area contributed by atoms with Crippen molar-refractivity contribution in [3.8, 4) is 21.9 Å². The molecule has 0 saturated heterocycles. The molecule has 0 fully saturated rings. The second kappa shape index (κ2) is 13.5. The number of ether oxygens (including phenoxy) is 3. The Morgan fingerprint density at radius 1 is 0.914 bits per heavy atom. The van der Waals surface area contributed by atoms with Gasteiger partial charge < -0.3 is 19.5 Å². The SMILES string of the molecule is CCCCOc1ccc(CCC(=O)Nc2sc(-c3ccccc3)cc2C(=O)OCC)cc1OCC. The molecule has 1 heterocycles. The highest BCUT2D eigenvalue weighted by Crippen LogP contribution is 2.36. The molecule has 1 N–H and O–H groups in total. The van der Waals surface area contributed by atoms with Gasteiger partial charge in [0.2, 0.25) is 5.91 Å². The van der Waals surface area contributed by atoms with Gasteiger partial charge in [-0.3, -0.25) is 4.79 Å². The fraction of sp³-hybridized carbons (Fsp3) is 0.357. The number of rotatable bonds is 13. The molecular weight excluding hydrogens is 462 g/mol. The van der Waals surface area contributed by atoms with Crippen molar-refractivity contribution in [3.05, 3.63) is 65.7 Å². The van der Waals surface area contributed by atoms with E-state index in [2.05, 4.69) is 12.2 Å². The standard InChI is InChI=1S/C28H33NO5S/c1-4-7-17-34-23-15-13-20(18-24(23)32-5-2)14-16-26(30)29-27-22(28(31)33-6-3)19-25(35-27)21-11-9-8-10-12-21/h8-13,15,18-19H,4-7,14,16-17H2,1-3H3,(H,29,30). The lowest BCUT2D eigenvalue weighted by Crippen LogP contribution is -2.14. The summed E-state index contributed by atoms with van der Waals surface area (Å²) in [5, 5.41) is 3.42. The van der Waals surface area contributed by atoms with Crippen molar-refractivity contribution in [2.75, 3.05) is 25.1 Å². The summed E-state index contributed by atoms with van der Waals surface area (Å²) in [6.45, 7) is 7.26. The van der Waals surface area contributed by atoms with Crippen LogP contribution in [-0.4, -0.2) is 31.7 Å². The van der Waals surface area contributed by atoms with Gasteiger partial charge in [-0.25, -0.2) is 4.79 Å². The third-order valence-electron chi connectivity index (χ3n) is 5.24. The second-order valence-corrected chi connectivity index (χ2v) is 8.96. The number of benzene rings is 2. The summed E-state index contributed by atoms with van der Waals surface area (Å²) in [4.78, 5) is 26.2. The number of carbonyl (C=O) groups excluding carboxylic acids is 2. The molecular formula is C28H33NO5S. The van der Waals surface area contributed by atoms with Gasteiger partial charge in [0.25, 0.3) is 0 Å². The van der Waals surface area contributed by atoms with Gasteiger partial charge in [-0.15, -0.1) is 11.3 Å². The van der Waals surface area contributed by atoms with E-state index in [9.17, 15) is 9.59 Å². The van der Waals surface area contributed by atoms with Gasteiger partial charge in [0.1, 0.15) is 5.00 Å². The first-order chi connectivity index (χ1) is 17.0. The molecule has 3 aromatic rings. The smallest absolute Gasteiger partial charge is 0.341 e. The van der Waals surface area contributed by atoms with E-state index in [1.165, 1.54) is 11.3 Å². The summed E-state index contributed by atoms with van der Waals surface area (Å²) in [7, 11) is 0. The molecule has 0 atom stereocenters. The summed E-state index contributed by atoms with van der Waals surface area (Å²) in [6, 6.07) is 17.3. The zero-order chi connectivity index (χ0) is 25.0. The average molecular weight is 496 g/mol. The molecule has 0 bridgehead atoms. The van der Waals surface area contributed by atoms with Gasteiger partial charge in [-0.1, -0.05) is 49.7 Å². The maximum absolute atomic E-state index is 12.8. The van der Waals surface area contributed by atoms with Crippen molar-refractivity contribution in [2.45, 2.75) is 46.5 Å². The van der Waals surface area contributed by atoms with Crippen LogP contribution in [0.5, 0.6) is 11.5 Å². The van der Waals surface area contributed by atoms with Crippen LogP contribution in [0.3, 0.4) is 0 Å². The summed E-state index contributed by atoms with van der Waals surface area (Å²) < 4.78 is 16.8. The number of esters is 1. The normalized spacial score (nSPS) is 10.6. The summed E-state index contributed by atoms with van der Waals surface area (Å²) in [6.07, 6.45) is 2.84. The van der Waals surface area contributed by atoms with E-state index in [4.69, 9.17) is 14.2 Å². The molecule has 0 aliphatic rings. The van der Waals surface area contributed by atoms with Crippen molar-refractivity contribution in [1.82, 2.24) is 0 Å². The molecule has 0 radical (unpaired) electrons. The highest BCUT2D eigenvalue weighted by atomic mass is 32.1. The molecule has 0 spiro atoms. The third kappa shape index (κ3) is 7.59. The maximum Gasteiger partial charge on any atom is 0.341 e. The van der Waals surface area contributed by atoms with Crippen LogP contribution < -0.4 is 14.8 Å². The fourth-order valence-electron chi connectivity index (χ4n) is 3.46. The van der Waals surface area contributed by atoms with E-state index in [0.29, 0.717) is 35.9 Å². The molecule has 35 heavy (non-hydrogen) atoms. The first-order valence-electron chi connectivity index (χ1n) is 12.1. The minimum atomic E-state index is -0.443. The predicted octanol–water partition coefficient (Wildman–Crippen LogP) is 6.74. The van der Waals surface area contributed by atoms with Gasteiger partial charge in [0, 0.05) is 11.3 Å². The lowest BCUT2D eigenvalue weighted by molar-refractivity contribution is -0.116. The number of unbranched alkanes of at least 4 members (excludes halogenated alkanes) is 1. The van der Waals surface area contributed by atoms with Crippen LogP contribution in [0.1, 0.15) is 56.0 Å². The molecule has 6 nitrogen and oxygen atoms in total. The molecule has 0 aliphatic heterocycles. The second-order valence-electron chi connectivity index (χ2n) is 7.90. The summed E-state index contributed by atoms with van der Waals surface area (Å²) in [5.74, 6) is 0.802. The molecule has 0 aliphatic carbocycles. The molecule has 0 saturated carbocycles. The van der Waals surface area contributed by atoms with Crippen molar-refractivity contribution >= 4 is 28.2 Å². The number of anilines is 1. The van der Waals surface area contributed by atoms with E-state index in [1.807, 2.05) is 55.5 Å². The van der Waals surface area contributed by atoms with Crippen LogP contribution in [0.4, 0.5) is 5.00 Å². The number of amides is 1. The van der Waals surface area contributed by atoms with Gasteiger partial charge in [-0.2, -0.15) is 0 Å². The monoisotopic (exact) mass is 495 g/mol. The Kier molecular flexibility index (Phi) is 10.2. The van der Waals surface area contributed by atoms with Crippen LogP contribution in [0.2, 0.25) is 0 Å². The maximum atomic E-state index is 12.8. The lowest BCUT2D eigenvalue weighted by atomic mass is 10.1. The fourth-order valence-corrected chi connectivity index (χ4v) is 4.53. The first kappa shape index (κ1) is 26.3. The van der Waals surface area contributed by atoms with Crippen LogP contribution >= 0.6 is 11.3 Å². The number of aryl methyl sites for hydroxylation is 1. The highest BCUT2D eigenvalue weighted by Gasteiger charge is 2.20. The van der Waals surface area contributed by atoms with Crippen LogP contribution in [0, 0.1) is 0 Å². The topological polar surface area (TPSA) is 73.9 Å². The Morgan fingerprint density at radius 3 is 2.43 bits per heavy atom. The van der Waals surface area contributed by atoms with Crippen molar-refractivity contribution in [2.24, 2.45) is 0 Å². The minimum Gasteiger partial charge on any atom is -0.490 e. The quantitative estimate of drug-likeness (QED) is 0.210. The molecule has 186 valence electrons. The minimum absolute atomic E-state index is 0.168. The van der Waals surface area contributed by atoms with E-state index in [0.717, 1.165) is 34.6 Å². The highest BCUT2D eigenvalue weighted by molar-refractivity contribution is 7.20. The zero-order valence-electron chi connectivity index (χ0n) is 20.6.